The average molecular weight is 508 g/mol. The van der Waals surface area contributed by atoms with Crippen LogP contribution in [-0.2, 0) is 4.79 Å². The Labute approximate surface area is 194 Å². The number of carboxylic acids is 1. The molecule has 0 fully saturated rings. The highest BCUT2D eigenvalue weighted by Crippen LogP contribution is 2.34. The third kappa shape index (κ3) is 7.21. The number of benzene rings is 1. The van der Waals surface area contributed by atoms with Crippen molar-refractivity contribution in [3.63, 3.8) is 0 Å². The van der Waals surface area contributed by atoms with Crippen molar-refractivity contribution >= 4 is 63.2 Å². The van der Waals surface area contributed by atoms with Gasteiger partial charge in [0.25, 0.3) is 0 Å². The zero-order chi connectivity index (χ0) is 24.1. The van der Waals surface area contributed by atoms with Crippen LogP contribution in [0, 0.1) is 12.3 Å². The van der Waals surface area contributed by atoms with Crippen molar-refractivity contribution in [3.05, 3.63) is 39.2 Å². The lowest BCUT2D eigenvalue weighted by atomic mass is 10.2. The fraction of sp³-hybridized carbons (Fsp3) is 0.263. The van der Waals surface area contributed by atoms with Crippen LogP contribution in [0.5, 0.6) is 0 Å². The van der Waals surface area contributed by atoms with E-state index < -0.39 is 12.1 Å². The van der Waals surface area contributed by atoms with Crippen molar-refractivity contribution in [2.75, 3.05) is 11.9 Å². The van der Waals surface area contributed by atoms with E-state index in [-0.39, 0.29) is 5.84 Å². The van der Waals surface area contributed by atoms with E-state index in [1.165, 1.54) is 4.88 Å². The van der Waals surface area contributed by atoms with Crippen LogP contribution in [0.1, 0.15) is 17.7 Å². The van der Waals surface area contributed by atoms with Gasteiger partial charge in [-0.2, -0.15) is 13.2 Å². The Bertz CT molecular complexity index is 1140. The number of nitrogens with one attached hydrogen (secondary N) is 2. The van der Waals surface area contributed by atoms with Crippen molar-refractivity contribution in [2.24, 2.45) is 5.73 Å². The van der Waals surface area contributed by atoms with E-state index in [0.717, 1.165) is 17.0 Å². The number of halogens is 5. The molecule has 3 rings (SSSR count). The van der Waals surface area contributed by atoms with Crippen LogP contribution in [0.2, 0.25) is 10.0 Å². The number of nitrogens with two attached hydrogens (primary N) is 1. The summed E-state index contributed by atoms with van der Waals surface area (Å²) >= 11 is 13.9. The summed E-state index contributed by atoms with van der Waals surface area (Å²) in [5.41, 5.74) is 7.57. The van der Waals surface area contributed by atoms with Gasteiger partial charge in [-0.3, -0.25) is 5.41 Å². The van der Waals surface area contributed by atoms with Crippen molar-refractivity contribution in [2.45, 2.75) is 25.9 Å². The van der Waals surface area contributed by atoms with E-state index in [2.05, 4.69) is 23.3 Å². The van der Waals surface area contributed by atoms with Crippen LogP contribution in [-0.4, -0.2) is 39.6 Å². The third-order valence-electron chi connectivity index (χ3n) is 3.84. The Morgan fingerprint density at radius 1 is 1.22 bits per heavy atom. The highest BCUT2D eigenvalue weighted by Gasteiger charge is 2.38. The van der Waals surface area contributed by atoms with Crippen molar-refractivity contribution < 1.29 is 23.1 Å². The molecule has 0 bridgehead atoms. The van der Waals surface area contributed by atoms with E-state index in [0.29, 0.717) is 39.9 Å². The van der Waals surface area contributed by atoms with E-state index in [4.69, 9.17) is 49.2 Å². The maximum absolute atomic E-state index is 10.6. The number of aryl methyl sites for hydroxylation is 1. The van der Waals surface area contributed by atoms with E-state index >= 15 is 0 Å². The number of alkyl halides is 3. The molecule has 3 aromatic rings. The summed E-state index contributed by atoms with van der Waals surface area (Å²) in [5, 5.41) is 18.6. The molecule has 0 unspecified atom stereocenters. The first kappa shape index (κ1) is 25.6. The number of fused-ring (bicyclic) bond motifs is 1. The van der Waals surface area contributed by atoms with E-state index in [1.807, 2.05) is 6.07 Å². The van der Waals surface area contributed by atoms with Crippen molar-refractivity contribution in [1.82, 2.24) is 9.97 Å². The largest absolute Gasteiger partial charge is 0.490 e. The van der Waals surface area contributed by atoms with Gasteiger partial charge in [-0.15, -0.1) is 11.3 Å². The Balaban J connectivity index is 0.000000451. The minimum atomic E-state index is -5.08. The summed E-state index contributed by atoms with van der Waals surface area (Å²) in [6.45, 7) is 2.71. The maximum Gasteiger partial charge on any atom is 0.490 e. The van der Waals surface area contributed by atoms with Gasteiger partial charge >= 0.3 is 12.1 Å². The Kier molecular flexibility index (Phi) is 8.65. The predicted octanol–water partition coefficient (Wildman–Crippen LogP) is 5.73. The lowest BCUT2D eigenvalue weighted by Crippen LogP contribution is -2.21. The van der Waals surface area contributed by atoms with Gasteiger partial charge in [0.15, 0.2) is 5.82 Å². The number of aliphatic carboxylic acids is 1. The topological polar surface area (TPSA) is 125 Å². The molecule has 0 spiro atoms. The zero-order valence-corrected chi connectivity index (χ0v) is 18.9. The number of amidine groups is 1. The molecule has 5 N–H and O–H groups in total. The summed E-state index contributed by atoms with van der Waals surface area (Å²) in [5.74, 6) is -1.88. The van der Waals surface area contributed by atoms with Crippen molar-refractivity contribution in [1.29, 1.82) is 5.41 Å². The van der Waals surface area contributed by atoms with Gasteiger partial charge in [0.05, 0.1) is 31.8 Å². The number of aromatic nitrogens is 2. The molecule has 0 aliphatic rings. The number of hydrogen-bond donors (Lipinski definition) is 4. The molecule has 32 heavy (non-hydrogen) atoms. The van der Waals surface area contributed by atoms with Gasteiger partial charge in [0, 0.05) is 17.8 Å². The number of anilines is 1. The third-order valence-corrected chi connectivity index (χ3v) is 5.57. The Morgan fingerprint density at radius 2 is 1.78 bits per heavy atom. The van der Waals surface area contributed by atoms with Gasteiger partial charge in [-0.1, -0.05) is 23.2 Å². The Hall–Kier alpha value is -2.63. The SMILES string of the molecule is Cc1ccc(-c2nc3cc(Cl)c(Cl)cc3nc2NCCCC(=N)N)s1.O=C(O)C(F)(F)F. The smallest absolute Gasteiger partial charge is 0.475 e. The minimum Gasteiger partial charge on any atom is -0.475 e. The summed E-state index contributed by atoms with van der Waals surface area (Å²) in [6.07, 6.45) is -3.79. The van der Waals surface area contributed by atoms with Crippen LogP contribution in [0.25, 0.3) is 21.6 Å². The molecule has 0 atom stereocenters. The molecule has 0 radical (unpaired) electrons. The highest BCUT2D eigenvalue weighted by molar-refractivity contribution is 7.15. The normalized spacial score (nSPS) is 11.1. The van der Waals surface area contributed by atoms with Crippen LogP contribution >= 0.6 is 34.5 Å². The molecule has 2 heterocycles. The zero-order valence-electron chi connectivity index (χ0n) is 16.6. The number of thiophene rings is 1. The first-order chi connectivity index (χ1) is 14.9. The summed E-state index contributed by atoms with van der Waals surface area (Å²) < 4.78 is 31.7. The van der Waals surface area contributed by atoms with Crippen LogP contribution in [0.3, 0.4) is 0 Å². The highest BCUT2D eigenvalue weighted by atomic mass is 35.5. The van der Waals surface area contributed by atoms with Gasteiger partial charge in [0.2, 0.25) is 0 Å². The molecule has 0 aliphatic heterocycles. The van der Waals surface area contributed by atoms with E-state index in [9.17, 15) is 13.2 Å². The molecular weight excluding hydrogens is 490 g/mol. The molecule has 7 nitrogen and oxygen atoms in total. The fourth-order valence-electron chi connectivity index (χ4n) is 2.39. The van der Waals surface area contributed by atoms with Gasteiger partial charge in [0.1, 0.15) is 5.69 Å². The van der Waals surface area contributed by atoms with Gasteiger partial charge < -0.3 is 16.2 Å². The predicted molar refractivity (Wildman–Crippen MR) is 121 cm³/mol. The van der Waals surface area contributed by atoms with Crippen LogP contribution in [0.15, 0.2) is 24.3 Å². The second kappa shape index (κ2) is 10.8. The van der Waals surface area contributed by atoms with Gasteiger partial charge in [-0.25, -0.2) is 14.8 Å². The lowest BCUT2D eigenvalue weighted by Gasteiger charge is -2.11. The maximum atomic E-state index is 10.6. The summed E-state index contributed by atoms with van der Waals surface area (Å²) in [6, 6.07) is 7.54. The monoisotopic (exact) mass is 507 g/mol. The summed E-state index contributed by atoms with van der Waals surface area (Å²) in [7, 11) is 0. The minimum absolute atomic E-state index is 0.182. The summed E-state index contributed by atoms with van der Waals surface area (Å²) in [4.78, 5) is 20.6. The number of rotatable bonds is 6. The molecule has 0 saturated heterocycles. The van der Waals surface area contributed by atoms with Gasteiger partial charge in [-0.05, 0) is 37.6 Å². The molecular formula is C19H18Cl2F3N5O2S. The average Bonchev–Trinajstić information content (AvgIpc) is 3.11. The second-order valence-corrected chi connectivity index (χ2v) is 8.55. The molecule has 172 valence electrons. The molecule has 13 heteroatoms. The number of carboxylic acid groups (broad SMARTS) is 1. The second-order valence-electron chi connectivity index (χ2n) is 6.44. The van der Waals surface area contributed by atoms with Crippen LogP contribution < -0.4 is 11.1 Å². The molecule has 0 amide bonds. The first-order valence-corrected chi connectivity index (χ1v) is 10.6. The number of carbonyl (C=O) groups is 1. The lowest BCUT2D eigenvalue weighted by molar-refractivity contribution is -0.192. The quantitative estimate of drug-likeness (QED) is 0.191. The number of nitrogens with zero attached hydrogens (tertiary/aromatic N) is 2. The van der Waals surface area contributed by atoms with E-state index in [1.54, 1.807) is 23.5 Å². The fourth-order valence-corrected chi connectivity index (χ4v) is 3.57. The Morgan fingerprint density at radius 3 is 2.25 bits per heavy atom. The van der Waals surface area contributed by atoms with Crippen molar-refractivity contribution in [3.8, 4) is 10.6 Å². The number of hydrogen-bond acceptors (Lipinski definition) is 6. The molecule has 1 aromatic carbocycles. The molecule has 2 aromatic heterocycles. The van der Waals surface area contributed by atoms with Crippen LogP contribution in [0.4, 0.5) is 19.0 Å². The first-order valence-electron chi connectivity index (χ1n) is 8.99. The standard InChI is InChI=1S/C17H17Cl2N5S.C2HF3O2/c1-9-4-5-14(25-9)16-17(22-6-2-3-15(20)21)24-13-8-11(19)10(18)7-12(13)23-16;3-2(4,5)1(6)7/h4-5,7-8H,2-3,6H2,1H3,(H3,20,21)(H,22,24);(H,6,7). The molecule has 0 saturated carbocycles. The molecule has 0 aliphatic carbocycles.